The summed E-state index contributed by atoms with van der Waals surface area (Å²) in [7, 11) is 0. The van der Waals surface area contributed by atoms with Crippen LogP contribution in [-0.4, -0.2) is 19.3 Å². The van der Waals surface area contributed by atoms with E-state index in [0.717, 1.165) is 37.8 Å². The summed E-state index contributed by atoms with van der Waals surface area (Å²) in [6, 6.07) is 4.73. The highest BCUT2D eigenvalue weighted by atomic mass is 19.3. The third-order valence-corrected chi connectivity index (χ3v) is 6.96. The van der Waals surface area contributed by atoms with Crippen LogP contribution in [-0.2, 0) is 23.0 Å². The molecule has 186 valence electrons. The third kappa shape index (κ3) is 4.08. The lowest BCUT2D eigenvalue weighted by atomic mass is 9.78. The molecule has 0 amide bonds. The number of halogens is 6. The van der Waals surface area contributed by atoms with E-state index >= 15 is 13.2 Å². The average molecular weight is 486 g/mol. The van der Waals surface area contributed by atoms with Crippen molar-refractivity contribution in [3.63, 3.8) is 0 Å². The summed E-state index contributed by atoms with van der Waals surface area (Å²) < 4.78 is 101. The van der Waals surface area contributed by atoms with Crippen molar-refractivity contribution in [2.75, 3.05) is 13.2 Å². The quantitative estimate of drug-likeness (QED) is 0.373. The zero-order chi connectivity index (χ0) is 24.7. The summed E-state index contributed by atoms with van der Waals surface area (Å²) in [6.45, 7) is 4.07. The lowest BCUT2D eigenvalue weighted by Gasteiger charge is -2.36. The van der Waals surface area contributed by atoms with Crippen molar-refractivity contribution in [3.8, 4) is 16.9 Å². The zero-order valence-electron chi connectivity index (χ0n) is 19.2. The molecule has 2 aliphatic rings. The minimum atomic E-state index is -4.94. The lowest BCUT2D eigenvalue weighted by Crippen LogP contribution is -2.41. The number of fused-ring (bicyclic) bond motifs is 3. The molecule has 0 atom stereocenters. The second-order valence-electron chi connectivity index (χ2n) is 8.98. The summed E-state index contributed by atoms with van der Waals surface area (Å²) in [5.74, 6) is -13.0. The summed E-state index contributed by atoms with van der Waals surface area (Å²) in [4.78, 5) is 0. The van der Waals surface area contributed by atoms with Crippen LogP contribution in [0.25, 0.3) is 11.1 Å². The largest absolute Gasteiger partial charge is 0.491 e. The normalized spacial score (nSPS) is 22.7. The number of benzene rings is 2. The molecule has 1 fully saturated rings. The predicted molar refractivity (Wildman–Crippen MR) is 116 cm³/mol. The molecule has 0 aromatic heterocycles. The standard InChI is InChI=1S/C26H28F6O2/c1-3-33-17-10-6-15(7-11-17)5-8-16-9-12-18-19-13-14-20(34-4-2)24(28)22(19)26(31,32)25(29,30)21(18)23(16)27/h9,12-15,17H,3-8,10-11H2,1-2H3. The fourth-order valence-electron chi connectivity index (χ4n) is 5.20. The van der Waals surface area contributed by atoms with Gasteiger partial charge in [0.15, 0.2) is 11.6 Å². The maximum Gasteiger partial charge on any atom is 0.343 e. The van der Waals surface area contributed by atoms with Crippen LogP contribution >= 0.6 is 0 Å². The predicted octanol–water partition coefficient (Wildman–Crippen LogP) is 7.76. The van der Waals surface area contributed by atoms with Crippen molar-refractivity contribution in [2.24, 2.45) is 5.92 Å². The number of hydrogen-bond acceptors (Lipinski definition) is 2. The van der Waals surface area contributed by atoms with Crippen LogP contribution in [0.5, 0.6) is 5.75 Å². The van der Waals surface area contributed by atoms with Gasteiger partial charge in [-0.05, 0) is 87.1 Å². The third-order valence-electron chi connectivity index (χ3n) is 6.96. The number of alkyl halides is 4. The molecule has 2 aliphatic carbocycles. The molecule has 2 aromatic carbocycles. The molecule has 2 aromatic rings. The molecule has 4 rings (SSSR count). The summed E-state index contributed by atoms with van der Waals surface area (Å²) in [6.07, 6.45) is 4.50. The SMILES string of the molecule is CCOc1ccc2c(c1F)C(F)(F)C(F)(F)c1c-2ccc(CCC2CCC(OCC)CC2)c1F. The molecule has 1 saturated carbocycles. The highest BCUT2D eigenvalue weighted by Gasteiger charge is 2.65. The molecule has 2 nitrogen and oxygen atoms in total. The average Bonchev–Trinajstić information content (AvgIpc) is 2.79. The fraction of sp³-hybridized carbons (Fsp3) is 0.538. The van der Waals surface area contributed by atoms with Crippen molar-refractivity contribution < 1.29 is 35.8 Å². The summed E-state index contributed by atoms with van der Waals surface area (Å²) in [5.41, 5.74) is -3.74. The van der Waals surface area contributed by atoms with Gasteiger partial charge in [0.2, 0.25) is 0 Å². The lowest BCUT2D eigenvalue weighted by molar-refractivity contribution is -0.228. The van der Waals surface area contributed by atoms with Crippen molar-refractivity contribution >= 4 is 0 Å². The molecule has 34 heavy (non-hydrogen) atoms. The molecule has 0 spiro atoms. The first kappa shape index (κ1) is 24.9. The fourth-order valence-corrected chi connectivity index (χ4v) is 5.20. The van der Waals surface area contributed by atoms with Gasteiger partial charge < -0.3 is 9.47 Å². The van der Waals surface area contributed by atoms with Crippen LogP contribution in [0.3, 0.4) is 0 Å². The second kappa shape index (κ2) is 9.44. The minimum absolute atomic E-state index is 0.0282. The van der Waals surface area contributed by atoms with Gasteiger partial charge in [-0.25, -0.2) is 8.78 Å². The van der Waals surface area contributed by atoms with Gasteiger partial charge in [-0.3, -0.25) is 0 Å². The van der Waals surface area contributed by atoms with Gasteiger partial charge in [-0.15, -0.1) is 0 Å². The molecule has 0 aliphatic heterocycles. The van der Waals surface area contributed by atoms with E-state index in [-0.39, 0.29) is 24.7 Å². The molecule has 0 saturated heterocycles. The van der Waals surface area contributed by atoms with E-state index in [2.05, 4.69) is 0 Å². The highest BCUT2D eigenvalue weighted by Crippen LogP contribution is 2.60. The van der Waals surface area contributed by atoms with Crippen LogP contribution in [0.15, 0.2) is 24.3 Å². The van der Waals surface area contributed by atoms with Crippen LogP contribution in [0.4, 0.5) is 26.3 Å². The van der Waals surface area contributed by atoms with Crippen LogP contribution in [0.2, 0.25) is 0 Å². The zero-order valence-corrected chi connectivity index (χ0v) is 19.2. The number of ether oxygens (including phenoxy) is 2. The minimum Gasteiger partial charge on any atom is -0.491 e. The molecule has 0 radical (unpaired) electrons. The van der Waals surface area contributed by atoms with Crippen molar-refractivity contribution in [1.29, 1.82) is 0 Å². The smallest absolute Gasteiger partial charge is 0.343 e. The van der Waals surface area contributed by atoms with Crippen molar-refractivity contribution in [1.82, 2.24) is 0 Å². The Kier molecular flexibility index (Phi) is 6.91. The Bertz CT molecular complexity index is 1040. The molecular formula is C26H28F6O2. The van der Waals surface area contributed by atoms with Gasteiger partial charge >= 0.3 is 11.8 Å². The first-order chi connectivity index (χ1) is 16.1. The van der Waals surface area contributed by atoms with E-state index in [9.17, 15) is 13.2 Å². The highest BCUT2D eigenvalue weighted by molar-refractivity contribution is 5.77. The molecule has 0 bridgehead atoms. The van der Waals surface area contributed by atoms with Crippen LogP contribution < -0.4 is 4.74 Å². The van der Waals surface area contributed by atoms with E-state index in [1.54, 1.807) is 0 Å². The summed E-state index contributed by atoms with van der Waals surface area (Å²) >= 11 is 0. The van der Waals surface area contributed by atoms with Gasteiger partial charge in [0, 0.05) is 6.61 Å². The Morgan fingerprint density at radius 1 is 0.794 bits per heavy atom. The van der Waals surface area contributed by atoms with Gasteiger partial charge in [-0.1, -0.05) is 12.1 Å². The topological polar surface area (TPSA) is 18.5 Å². The molecular weight excluding hydrogens is 458 g/mol. The van der Waals surface area contributed by atoms with Gasteiger partial charge in [0.25, 0.3) is 0 Å². The molecule has 0 unspecified atom stereocenters. The number of rotatable bonds is 7. The molecule has 0 heterocycles. The Labute approximate surface area is 195 Å². The first-order valence-electron chi connectivity index (χ1n) is 11.8. The first-order valence-corrected chi connectivity index (χ1v) is 11.8. The number of aryl methyl sites for hydroxylation is 1. The van der Waals surface area contributed by atoms with Crippen LogP contribution in [0, 0.1) is 17.6 Å². The van der Waals surface area contributed by atoms with Crippen molar-refractivity contribution in [3.05, 3.63) is 52.6 Å². The van der Waals surface area contributed by atoms with Crippen LogP contribution in [0.1, 0.15) is 62.6 Å². The summed E-state index contributed by atoms with van der Waals surface area (Å²) in [5, 5.41) is 0. The van der Waals surface area contributed by atoms with Crippen molar-refractivity contribution in [2.45, 2.75) is 70.3 Å². The molecule has 8 heteroatoms. The van der Waals surface area contributed by atoms with E-state index in [1.807, 2.05) is 6.92 Å². The maximum absolute atomic E-state index is 15.4. The maximum atomic E-state index is 15.4. The Morgan fingerprint density at radius 2 is 1.38 bits per heavy atom. The Morgan fingerprint density at radius 3 is 1.97 bits per heavy atom. The van der Waals surface area contributed by atoms with E-state index in [0.29, 0.717) is 18.9 Å². The molecule has 0 N–H and O–H groups in total. The number of hydrogen-bond donors (Lipinski definition) is 0. The van der Waals surface area contributed by atoms with Gasteiger partial charge in [-0.2, -0.15) is 17.6 Å². The van der Waals surface area contributed by atoms with Gasteiger partial charge in [0.05, 0.1) is 23.8 Å². The monoisotopic (exact) mass is 486 g/mol. The Hall–Kier alpha value is -2.22. The van der Waals surface area contributed by atoms with Gasteiger partial charge in [0.1, 0.15) is 5.82 Å². The van der Waals surface area contributed by atoms with E-state index < -0.39 is 51.5 Å². The van der Waals surface area contributed by atoms with E-state index in [4.69, 9.17) is 9.47 Å². The van der Waals surface area contributed by atoms with E-state index in [1.165, 1.54) is 19.1 Å². The second-order valence-corrected chi connectivity index (χ2v) is 8.98. The Balaban J connectivity index is 1.66.